The Hall–Kier alpha value is -1.46. The van der Waals surface area contributed by atoms with Gasteiger partial charge in [-0.3, -0.25) is 4.79 Å². The van der Waals surface area contributed by atoms with Gasteiger partial charge >= 0.3 is 12.0 Å². The van der Waals surface area contributed by atoms with Gasteiger partial charge in [0.15, 0.2) is 0 Å². The molecule has 0 fully saturated rings. The van der Waals surface area contributed by atoms with Crippen molar-refractivity contribution in [2.24, 2.45) is 5.92 Å². The Morgan fingerprint density at radius 1 is 1.25 bits per heavy atom. The van der Waals surface area contributed by atoms with E-state index in [4.69, 9.17) is 28.3 Å². The van der Waals surface area contributed by atoms with E-state index in [1.807, 2.05) is 6.92 Å². The van der Waals surface area contributed by atoms with Crippen molar-refractivity contribution in [2.45, 2.75) is 19.8 Å². The molecule has 7 heteroatoms. The van der Waals surface area contributed by atoms with E-state index in [0.717, 1.165) is 6.42 Å². The van der Waals surface area contributed by atoms with E-state index in [-0.39, 0.29) is 6.54 Å². The molecule has 0 aliphatic rings. The molecule has 110 valence electrons. The lowest BCUT2D eigenvalue weighted by atomic mass is 10.0. The lowest BCUT2D eigenvalue weighted by Gasteiger charge is -2.13. The summed E-state index contributed by atoms with van der Waals surface area (Å²) in [6.45, 7) is 1.97. The fraction of sp³-hybridized carbons (Fsp3) is 0.385. The van der Waals surface area contributed by atoms with E-state index < -0.39 is 17.9 Å². The van der Waals surface area contributed by atoms with Gasteiger partial charge in [0, 0.05) is 22.3 Å². The second-order valence-electron chi connectivity index (χ2n) is 4.32. The molecule has 1 rings (SSSR count). The number of benzene rings is 1. The van der Waals surface area contributed by atoms with Gasteiger partial charge in [0.05, 0.1) is 5.92 Å². The number of hydrogen-bond donors (Lipinski definition) is 3. The first-order chi connectivity index (χ1) is 9.42. The highest BCUT2D eigenvalue weighted by Gasteiger charge is 2.17. The molecule has 1 atom stereocenters. The maximum Gasteiger partial charge on any atom is 0.319 e. The number of rotatable bonds is 6. The zero-order valence-electron chi connectivity index (χ0n) is 11.0. The van der Waals surface area contributed by atoms with Gasteiger partial charge in [0.1, 0.15) is 0 Å². The molecule has 0 aliphatic carbocycles. The van der Waals surface area contributed by atoms with Crippen LogP contribution in [0.1, 0.15) is 19.8 Å². The van der Waals surface area contributed by atoms with E-state index >= 15 is 0 Å². The number of halogens is 2. The van der Waals surface area contributed by atoms with Crippen molar-refractivity contribution in [3.63, 3.8) is 0 Å². The molecule has 1 aromatic rings. The molecule has 0 saturated heterocycles. The molecule has 0 aromatic heterocycles. The third-order valence-electron chi connectivity index (χ3n) is 2.62. The van der Waals surface area contributed by atoms with E-state index in [2.05, 4.69) is 10.6 Å². The smallest absolute Gasteiger partial charge is 0.319 e. The molecule has 20 heavy (non-hydrogen) atoms. The molecule has 0 aliphatic heterocycles. The first-order valence-corrected chi connectivity index (χ1v) is 6.91. The second kappa shape index (κ2) is 7.97. The highest BCUT2D eigenvalue weighted by molar-refractivity contribution is 6.35. The van der Waals surface area contributed by atoms with Gasteiger partial charge in [-0.05, 0) is 24.6 Å². The molecule has 2 amide bonds. The Balaban J connectivity index is 2.52. The lowest BCUT2D eigenvalue weighted by Crippen LogP contribution is -2.35. The Morgan fingerprint density at radius 2 is 1.85 bits per heavy atom. The van der Waals surface area contributed by atoms with E-state index in [9.17, 15) is 9.59 Å². The van der Waals surface area contributed by atoms with Crippen molar-refractivity contribution < 1.29 is 14.7 Å². The maximum absolute atomic E-state index is 11.7. The minimum absolute atomic E-state index is 0.0727. The number of carboxylic acid groups (broad SMARTS) is 1. The number of carbonyl (C=O) groups is 2. The highest BCUT2D eigenvalue weighted by atomic mass is 35.5. The lowest BCUT2D eigenvalue weighted by molar-refractivity contribution is -0.141. The van der Waals surface area contributed by atoms with Crippen LogP contribution in [-0.4, -0.2) is 23.7 Å². The number of anilines is 1. The molecular weight excluding hydrogens is 303 g/mol. The van der Waals surface area contributed by atoms with Gasteiger partial charge in [-0.1, -0.05) is 36.5 Å². The van der Waals surface area contributed by atoms with Crippen molar-refractivity contribution in [1.29, 1.82) is 0 Å². The molecular formula is C13H16Cl2N2O3. The molecule has 0 heterocycles. The fourth-order valence-electron chi connectivity index (χ4n) is 1.68. The summed E-state index contributed by atoms with van der Waals surface area (Å²) in [7, 11) is 0. The first-order valence-electron chi connectivity index (χ1n) is 6.16. The summed E-state index contributed by atoms with van der Waals surface area (Å²) in [6, 6.07) is 4.15. The predicted octanol–water partition coefficient (Wildman–Crippen LogP) is 3.62. The molecule has 0 bridgehead atoms. The van der Waals surface area contributed by atoms with Crippen molar-refractivity contribution in [3.05, 3.63) is 28.2 Å². The first kappa shape index (κ1) is 16.6. The average molecular weight is 319 g/mol. The molecule has 0 radical (unpaired) electrons. The van der Waals surface area contributed by atoms with Gasteiger partial charge in [0.2, 0.25) is 0 Å². The zero-order valence-corrected chi connectivity index (χ0v) is 12.5. The molecule has 3 N–H and O–H groups in total. The molecule has 5 nitrogen and oxygen atoms in total. The molecule has 1 unspecified atom stereocenters. The van der Waals surface area contributed by atoms with E-state index in [1.165, 1.54) is 0 Å². The monoisotopic (exact) mass is 318 g/mol. The van der Waals surface area contributed by atoms with Crippen LogP contribution in [0.15, 0.2) is 18.2 Å². The zero-order chi connectivity index (χ0) is 15.1. The van der Waals surface area contributed by atoms with Crippen LogP contribution in [-0.2, 0) is 4.79 Å². The average Bonchev–Trinajstić information content (AvgIpc) is 2.32. The molecule has 0 saturated carbocycles. The third kappa shape index (κ3) is 5.67. The SMILES string of the molecule is CCCC(CNC(=O)Nc1cc(Cl)cc(Cl)c1)C(=O)O. The number of amides is 2. The quantitative estimate of drug-likeness (QED) is 0.749. The minimum atomic E-state index is -0.919. The summed E-state index contributed by atoms with van der Waals surface area (Å²) in [5, 5.41) is 14.9. The normalized spacial score (nSPS) is 11.8. The van der Waals surface area contributed by atoms with Crippen molar-refractivity contribution in [1.82, 2.24) is 5.32 Å². The summed E-state index contributed by atoms with van der Waals surface area (Å²) < 4.78 is 0. The van der Waals surface area contributed by atoms with Crippen molar-refractivity contribution >= 4 is 40.9 Å². The van der Waals surface area contributed by atoms with Crippen LogP contribution in [0, 0.1) is 5.92 Å². The fourth-order valence-corrected chi connectivity index (χ4v) is 2.20. The van der Waals surface area contributed by atoms with Crippen LogP contribution in [0.3, 0.4) is 0 Å². The summed E-state index contributed by atoms with van der Waals surface area (Å²) >= 11 is 11.6. The number of carboxylic acids is 1. The van der Waals surface area contributed by atoms with Gasteiger partial charge in [0.25, 0.3) is 0 Å². The van der Waals surface area contributed by atoms with Crippen LogP contribution in [0.25, 0.3) is 0 Å². The van der Waals surface area contributed by atoms with Crippen LogP contribution in [0.2, 0.25) is 10.0 Å². The van der Waals surface area contributed by atoms with Crippen molar-refractivity contribution in [2.75, 3.05) is 11.9 Å². The van der Waals surface area contributed by atoms with Crippen LogP contribution in [0.4, 0.5) is 10.5 Å². The Kier molecular flexibility index (Phi) is 6.61. The second-order valence-corrected chi connectivity index (χ2v) is 5.19. The number of nitrogens with one attached hydrogen (secondary N) is 2. The Bertz CT molecular complexity index is 474. The molecule has 0 spiro atoms. The van der Waals surface area contributed by atoms with Gasteiger partial charge in [-0.15, -0.1) is 0 Å². The third-order valence-corrected chi connectivity index (χ3v) is 3.05. The standard InChI is InChI=1S/C13H16Cl2N2O3/c1-2-3-8(12(18)19)7-16-13(20)17-11-5-9(14)4-10(15)6-11/h4-6,8H,2-3,7H2,1H3,(H,18,19)(H2,16,17,20). The van der Waals surface area contributed by atoms with Gasteiger partial charge < -0.3 is 15.7 Å². The highest BCUT2D eigenvalue weighted by Crippen LogP contribution is 2.22. The maximum atomic E-state index is 11.7. The minimum Gasteiger partial charge on any atom is -0.481 e. The molecule has 1 aromatic carbocycles. The van der Waals surface area contributed by atoms with Crippen LogP contribution in [0.5, 0.6) is 0 Å². The topological polar surface area (TPSA) is 78.4 Å². The summed E-state index contributed by atoms with van der Waals surface area (Å²) in [6.07, 6.45) is 1.25. The van der Waals surface area contributed by atoms with E-state index in [1.54, 1.807) is 18.2 Å². The largest absolute Gasteiger partial charge is 0.481 e. The number of hydrogen-bond acceptors (Lipinski definition) is 2. The van der Waals surface area contributed by atoms with Crippen molar-refractivity contribution in [3.8, 4) is 0 Å². The van der Waals surface area contributed by atoms with Gasteiger partial charge in [-0.2, -0.15) is 0 Å². The summed E-state index contributed by atoms with van der Waals surface area (Å²) in [5.74, 6) is -1.51. The van der Waals surface area contributed by atoms with Crippen LogP contribution < -0.4 is 10.6 Å². The number of urea groups is 1. The van der Waals surface area contributed by atoms with Gasteiger partial charge in [-0.25, -0.2) is 4.79 Å². The number of aliphatic carboxylic acids is 1. The Morgan fingerprint density at radius 3 is 2.35 bits per heavy atom. The predicted molar refractivity (Wildman–Crippen MR) is 79.5 cm³/mol. The van der Waals surface area contributed by atoms with E-state index in [0.29, 0.717) is 22.2 Å². The summed E-state index contributed by atoms with van der Waals surface area (Å²) in [4.78, 5) is 22.6. The summed E-state index contributed by atoms with van der Waals surface area (Å²) in [5.41, 5.74) is 0.447. The van der Waals surface area contributed by atoms with Crippen LogP contribution >= 0.6 is 23.2 Å². The number of carbonyl (C=O) groups excluding carboxylic acids is 1. The Labute approximate surface area is 127 Å².